The zero-order chi connectivity index (χ0) is 20.1. The molecule has 4 atom stereocenters. The molecule has 2 aromatic rings. The topological polar surface area (TPSA) is 94.2 Å². The fourth-order valence-electron chi connectivity index (χ4n) is 4.73. The quantitative estimate of drug-likeness (QED) is 0.599. The van der Waals surface area contributed by atoms with E-state index in [-0.39, 0.29) is 46.6 Å². The van der Waals surface area contributed by atoms with E-state index in [9.17, 15) is 9.59 Å². The lowest BCUT2D eigenvalue weighted by molar-refractivity contribution is -0.123. The van der Waals surface area contributed by atoms with Crippen LogP contribution >= 0.6 is 0 Å². The van der Waals surface area contributed by atoms with Crippen molar-refractivity contribution in [3.05, 3.63) is 65.7 Å². The minimum Gasteiger partial charge on any atom is -0.457 e. The minimum absolute atomic E-state index is 0.115. The molecule has 1 heterocycles. The number of hydrogen-bond acceptors (Lipinski definition) is 5. The molecule has 0 radical (unpaired) electrons. The number of anilines is 1. The van der Waals surface area contributed by atoms with Gasteiger partial charge in [-0.3, -0.25) is 14.5 Å². The SMILES string of the molecule is N#Cc1ccc(Oc2ccc(N3C(=O)[C@@H]4[C@H](C3=O)[C@@H]3C=C[C@H]4C3)cc2)cc1C#N. The van der Waals surface area contributed by atoms with Crippen LogP contribution < -0.4 is 9.64 Å². The third-order valence-corrected chi connectivity index (χ3v) is 6.03. The van der Waals surface area contributed by atoms with Gasteiger partial charge in [0.25, 0.3) is 0 Å². The summed E-state index contributed by atoms with van der Waals surface area (Å²) in [5.41, 5.74) is 1.07. The lowest BCUT2D eigenvalue weighted by Gasteiger charge is -2.17. The molecule has 2 amide bonds. The Morgan fingerprint density at radius 3 is 2.00 bits per heavy atom. The van der Waals surface area contributed by atoms with Gasteiger partial charge >= 0.3 is 0 Å². The molecule has 0 N–H and O–H groups in total. The van der Waals surface area contributed by atoms with Crippen molar-refractivity contribution in [3.8, 4) is 23.6 Å². The van der Waals surface area contributed by atoms with Crippen LogP contribution in [-0.2, 0) is 9.59 Å². The molecule has 3 aliphatic rings. The summed E-state index contributed by atoms with van der Waals surface area (Å²) in [5.74, 6) is 0.613. The van der Waals surface area contributed by atoms with E-state index in [1.165, 1.54) is 17.0 Å². The normalized spacial score (nSPS) is 26.3. The summed E-state index contributed by atoms with van der Waals surface area (Å²) in [6, 6.07) is 15.3. The zero-order valence-corrected chi connectivity index (χ0v) is 15.3. The van der Waals surface area contributed by atoms with Crippen LogP contribution in [0, 0.1) is 46.3 Å². The van der Waals surface area contributed by atoms with Crippen molar-refractivity contribution in [2.24, 2.45) is 23.7 Å². The average molecular weight is 381 g/mol. The third kappa shape index (κ3) is 2.54. The van der Waals surface area contributed by atoms with Crippen LogP contribution in [0.3, 0.4) is 0 Å². The van der Waals surface area contributed by atoms with Crippen molar-refractivity contribution < 1.29 is 14.3 Å². The Morgan fingerprint density at radius 1 is 0.828 bits per heavy atom. The maximum absolute atomic E-state index is 12.9. The molecule has 5 rings (SSSR count). The number of allylic oxidation sites excluding steroid dienone is 2. The van der Waals surface area contributed by atoms with E-state index in [4.69, 9.17) is 15.3 Å². The van der Waals surface area contributed by atoms with Crippen LogP contribution in [0.25, 0.3) is 0 Å². The Hall–Kier alpha value is -3.90. The van der Waals surface area contributed by atoms with E-state index < -0.39 is 0 Å². The second-order valence-corrected chi connectivity index (χ2v) is 7.54. The van der Waals surface area contributed by atoms with Crippen molar-refractivity contribution in [2.75, 3.05) is 4.90 Å². The monoisotopic (exact) mass is 381 g/mol. The van der Waals surface area contributed by atoms with Gasteiger partial charge in [0.15, 0.2) is 0 Å². The number of benzene rings is 2. The van der Waals surface area contributed by atoms with Crippen LogP contribution in [0.2, 0.25) is 0 Å². The number of carbonyl (C=O) groups excluding carboxylic acids is 2. The molecule has 1 aliphatic heterocycles. The molecule has 2 aliphatic carbocycles. The number of rotatable bonds is 3. The summed E-state index contributed by atoms with van der Waals surface area (Å²) in [5, 5.41) is 18.1. The molecule has 0 spiro atoms. The van der Waals surface area contributed by atoms with Crippen LogP contribution in [0.15, 0.2) is 54.6 Å². The van der Waals surface area contributed by atoms with Crippen LogP contribution in [-0.4, -0.2) is 11.8 Å². The van der Waals surface area contributed by atoms with Gasteiger partial charge in [-0.15, -0.1) is 0 Å². The third-order valence-electron chi connectivity index (χ3n) is 6.03. The number of carbonyl (C=O) groups is 2. The fraction of sp³-hybridized carbons (Fsp3) is 0.217. The molecule has 2 fully saturated rings. The Bertz CT molecular complexity index is 1120. The molecule has 2 aromatic carbocycles. The molecule has 29 heavy (non-hydrogen) atoms. The Labute approximate surface area is 167 Å². The molecular formula is C23H15N3O3. The van der Waals surface area contributed by atoms with Gasteiger partial charge < -0.3 is 4.74 Å². The first-order valence-corrected chi connectivity index (χ1v) is 9.39. The first-order chi connectivity index (χ1) is 14.1. The van der Waals surface area contributed by atoms with Crippen LogP contribution in [0.5, 0.6) is 11.5 Å². The highest BCUT2D eigenvalue weighted by molar-refractivity contribution is 6.22. The van der Waals surface area contributed by atoms with Crippen molar-refractivity contribution in [3.63, 3.8) is 0 Å². The second-order valence-electron chi connectivity index (χ2n) is 7.54. The number of nitriles is 2. The molecular weight excluding hydrogens is 366 g/mol. The first-order valence-electron chi connectivity index (χ1n) is 9.39. The van der Waals surface area contributed by atoms with Crippen molar-refractivity contribution in [1.82, 2.24) is 0 Å². The predicted molar refractivity (Wildman–Crippen MR) is 103 cm³/mol. The Morgan fingerprint density at radius 2 is 1.41 bits per heavy atom. The second kappa shape index (κ2) is 6.32. The van der Waals surface area contributed by atoms with Gasteiger partial charge in [0.1, 0.15) is 23.6 Å². The van der Waals surface area contributed by atoms with E-state index >= 15 is 0 Å². The van der Waals surface area contributed by atoms with Gasteiger partial charge in [0.05, 0.1) is 28.7 Å². The molecule has 6 nitrogen and oxygen atoms in total. The summed E-state index contributed by atoms with van der Waals surface area (Å²) in [4.78, 5) is 27.1. The average Bonchev–Trinajstić information content (AvgIpc) is 3.42. The maximum atomic E-state index is 12.9. The molecule has 0 aromatic heterocycles. The summed E-state index contributed by atoms with van der Waals surface area (Å²) in [6.45, 7) is 0. The number of imide groups is 1. The molecule has 1 saturated carbocycles. The van der Waals surface area contributed by atoms with Gasteiger partial charge in [0.2, 0.25) is 11.8 Å². The van der Waals surface area contributed by atoms with Gasteiger partial charge in [-0.2, -0.15) is 10.5 Å². The van der Waals surface area contributed by atoms with Crippen LogP contribution in [0.1, 0.15) is 17.5 Å². The van der Waals surface area contributed by atoms with E-state index in [2.05, 4.69) is 12.2 Å². The zero-order valence-electron chi connectivity index (χ0n) is 15.3. The highest BCUT2D eigenvalue weighted by Crippen LogP contribution is 2.53. The summed E-state index contributed by atoms with van der Waals surface area (Å²) < 4.78 is 5.75. The van der Waals surface area contributed by atoms with Crippen molar-refractivity contribution in [2.45, 2.75) is 6.42 Å². The largest absolute Gasteiger partial charge is 0.457 e. The summed E-state index contributed by atoms with van der Waals surface area (Å²) in [6.07, 6.45) is 5.05. The van der Waals surface area contributed by atoms with Gasteiger partial charge in [-0.05, 0) is 60.7 Å². The highest BCUT2D eigenvalue weighted by atomic mass is 16.5. The maximum Gasteiger partial charge on any atom is 0.238 e. The molecule has 140 valence electrons. The number of amides is 2. The molecule has 1 saturated heterocycles. The van der Waals surface area contributed by atoms with E-state index in [0.29, 0.717) is 17.2 Å². The number of nitrogens with zero attached hydrogens (tertiary/aromatic N) is 3. The van der Waals surface area contributed by atoms with Gasteiger partial charge in [-0.25, -0.2) is 0 Å². The minimum atomic E-state index is -0.225. The van der Waals surface area contributed by atoms with Gasteiger partial charge in [0, 0.05) is 0 Å². The lowest BCUT2D eigenvalue weighted by Crippen LogP contribution is -2.32. The lowest BCUT2D eigenvalue weighted by atomic mass is 9.85. The first kappa shape index (κ1) is 17.2. The fourth-order valence-corrected chi connectivity index (χ4v) is 4.73. The molecule has 6 heteroatoms. The van der Waals surface area contributed by atoms with Crippen molar-refractivity contribution >= 4 is 17.5 Å². The van der Waals surface area contributed by atoms with Crippen LogP contribution in [0.4, 0.5) is 5.69 Å². The molecule has 2 bridgehead atoms. The predicted octanol–water partition coefficient (Wildman–Crippen LogP) is 3.53. The Balaban J connectivity index is 1.36. The summed E-state index contributed by atoms with van der Waals surface area (Å²) >= 11 is 0. The van der Waals surface area contributed by atoms with E-state index in [1.54, 1.807) is 30.3 Å². The number of fused-ring (bicyclic) bond motifs is 5. The standard InChI is InChI=1S/C23H15N3O3/c24-11-15-3-6-19(10-16(15)12-25)29-18-7-4-17(5-8-18)26-22(27)20-13-1-2-14(9-13)21(20)23(26)28/h1-8,10,13-14,20-21H,9H2/t13-,14+,20-,21+. The number of ether oxygens (including phenoxy) is 1. The number of hydrogen-bond donors (Lipinski definition) is 0. The van der Waals surface area contributed by atoms with E-state index in [0.717, 1.165) is 6.42 Å². The summed E-state index contributed by atoms with van der Waals surface area (Å²) in [7, 11) is 0. The van der Waals surface area contributed by atoms with Gasteiger partial charge in [-0.1, -0.05) is 12.2 Å². The Kier molecular flexibility index (Phi) is 3.75. The molecule has 0 unspecified atom stereocenters. The van der Waals surface area contributed by atoms with E-state index in [1.807, 2.05) is 12.1 Å². The highest BCUT2D eigenvalue weighted by Gasteiger charge is 2.59. The smallest absolute Gasteiger partial charge is 0.238 e. The van der Waals surface area contributed by atoms with Crippen molar-refractivity contribution in [1.29, 1.82) is 10.5 Å².